The molecule has 26 heavy (non-hydrogen) atoms. The molecule has 2 aliphatic heterocycles. The molecule has 0 aromatic carbocycles. The molecule has 0 aromatic rings. The van der Waals surface area contributed by atoms with Crippen LogP contribution in [0.1, 0.15) is 52.4 Å². The first-order chi connectivity index (χ1) is 12.4. The Morgan fingerprint density at radius 3 is 2.35 bits per heavy atom. The van der Waals surface area contributed by atoms with Crippen molar-refractivity contribution in [3.05, 3.63) is 0 Å². The van der Waals surface area contributed by atoms with E-state index < -0.39 is 9.84 Å². The highest BCUT2D eigenvalue weighted by Crippen LogP contribution is 2.23. The lowest BCUT2D eigenvalue weighted by Crippen LogP contribution is -2.55. The molecular weight excluding hydrogens is 348 g/mol. The zero-order chi connectivity index (χ0) is 18.6. The molecule has 2 heterocycles. The number of sulfone groups is 1. The van der Waals surface area contributed by atoms with E-state index in [4.69, 9.17) is 4.99 Å². The van der Waals surface area contributed by atoms with Gasteiger partial charge in [0.25, 0.3) is 0 Å². The quantitative estimate of drug-likeness (QED) is 0.591. The summed E-state index contributed by atoms with van der Waals surface area (Å²) in [5.74, 6) is 1.79. The first-order valence-electron chi connectivity index (χ1n) is 10.4. The fourth-order valence-corrected chi connectivity index (χ4v) is 6.32. The van der Waals surface area contributed by atoms with Crippen molar-refractivity contribution in [2.45, 2.75) is 64.5 Å². The highest BCUT2D eigenvalue weighted by molar-refractivity contribution is 7.91. The normalized spacial score (nSPS) is 28.7. The molecule has 1 N–H and O–H groups in total. The monoisotopic (exact) mass is 384 g/mol. The van der Waals surface area contributed by atoms with E-state index in [0.717, 1.165) is 44.6 Å². The van der Waals surface area contributed by atoms with E-state index >= 15 is 0 Å². The van der Waals surface area contributed by atoms with E-state index in [1.807, 2.05) is 0 Å². The van der Waals surface area contributed by atoms with Gasteiger partial charge in [-0.3, -0.25) is 9.89 Å². The largest absolute Gasteiger partial charge is 0.354 e. The molecule has 0 aromatic heterocycles. The van der Waals surface area contributed by atoms with Crippen LogP contribution in [0.4, 0.5) is 0 Å². The van der Waals surface area contributed by atoms with Gasteiger partial charge in [-0.25, -0.2) is 8.42 Å². The van der Waals surface area contributed by atoms with Crippen LogP contribution in [0.3, 0.4) is 0 Å². The second kappa shape index (κ2) is 8.91. The number of aliphatic imine (C=N–C) groups is 1. The van der Waals surface area contributed by atoms with Crippen molar-refractivity contribution in [3.63, 3.8) is 0 Å². The van der Waals surface area contributed by atoms with Crippen LogP contribution in [0.2, 0.25) is 0 Å². The number of nitrogens with one attached hydrogen (secondary N) is 1. The summed E-state index contributed by atoms with van der Waals surface area (Å²) in [6, 6.07) is 1.12. The van der Waals surface area contributed by atoms with Crippen LogP contribution in [0, 0.1) is 5.92 Å². The smallest absolute Gasteiger partial charge is 0.194 e. The number of rotatable bonds is 4. The zero-order valence-electron chi connectivity index (χ0n) is 16.5. The Morgan fingerprint density at radius 1 is 1.08 bits per heavy atom. The maximum absolute atomic E-state index is 11.7. The molecule has 150 valence electrons. The predicted molar refractivity (Wildman–Crippen MR) is 107 cm³/mol. The topological polar surface area (TPSA) is 65.0 Å². The van der Waals surface area contributed by atoms with Crippen molar-refractivity contribution >= 4 is 15.8 Å². The molecule has 0 radical (unpaired) electrons. The third-order valence-corrected chi connectivity index (χ3v) is 7.79. The minimum absolute atomic E-state index is 0.187. The van der Waals surface area contributed by atoms with Gasteiger partial charge in [-0.15, -0.1) is 0 Å². The molecular formula is C19H36N4O2S. The molecule has 3 aliphatic rings. The van der Waals surface area contributed by atoms with Crippen LogP contribution >= 0.6 is 0 Å². The third kappa shape index (κ3) is 5.59. The van der Waals surface area contributed by atoms with Crippen LogP contribution in [0.5, 0.6) is 0 Å². The number of hydrogen-bond donors (Lipinski definition) is 1. The lowest BCUT2D eigenvalue weighted by atomic mass is 9.94. The van der Waals surface area contributed by atoms with Crippen molar-refractivity contribution in [2.75, 3.05) is 44.2 Å². The summed E-state index contributed by atoms with van der Waals surface area (Å²) in [5.41, 5.74) is 0. The molecule has 7 heteroatoms. The Kier molecular flexibility index (Phi) is 6.83. The second-order valence-electron chi connectivity index (χ2n) is 8.55. The Bertz CT molecular complexity index is 576. The van der Waals surface area contributed by atoms with Crippen LogP contribution in [-0.4, -0.2) is 80.5 Å². The van der Waals surface area contributed by atoms with Crippen LogP contribution < -0.4 is 5.32 Å². The van der Waals surface area contributed by atoms with E-state index in [2.05, 4.69) is 29.0 Å². The minimum Gasteiger partial charge on any atom is -0.354 e. The van der Waals surface area contributed by atoms with E-state index in [0.29, 0.717) is 24.1 Å². The van der Waals surface area contributed by atoms with Gasteiger partial charge in [0, 0.05) is 44.8 Å². The first kappa shape index (κ1) is 19.9. The van der Waals surface area contributed by atoms with E-state index in [1.54, 1.807) is 0 Å². The number of hydrogen-bond acceptors (Lipinski definition) is 4. The predicted octanol–water partition coefficient (Wildman–Crippen LogP) is 1.73. The first-order valence-corrected chi connectivity index (χ1v) is 12.3. The van der Waals surface area contributed by atoms with Gasteiger partial charge in [-0.2, -0.15) is 0 Å². The van der Waals surface area contributed by atoms with Crippen molar-refractivity contribution in [1.82, 2.24) is 15.1 Å². The van der Waals surface area contributed by atoms with E-state index in [-0.39, 0.29) is 5.92 Å². The third-order valence-electron chi connectivity index (χ3n) is 5.95. The molecule has 1 saturated carbocycles. The van der Waals surface area contributed by atoms with Crippen LogP contribution in [0.25, 0.3) is 0 Å². The molecule has 3 fully saturated rings. The Labute approximate surface area is 159 Å². The molecule has 6 nitrogen and oxygen atoms in total. The van der Waals surface area contributed by atoms with Crippen LogP contribution in [-0.2, 0) is 9.84 Å². The van der Waals surface area contributed by atoms with Gasteiger partial charge >= 0.3 is 0 Å². The van der Waals surface area contributed by atoms with Crippen molar-refractivity contribution in [2.24, 2.45) is 10.9 Å². The molecule has 1 atom stereocenters. The Morgan fingerprint density at radius 2 is 1.77 bits per heavy atom. The summed E-state index contributed by atoms with van der Waals surface area (Å²) >= 11 is 0. The number of nitrogens with zero attached hydrogens (tertiary/aromatic N) is 3. The molecule has 0 amide bonds. The molecule has 3 rings (SSSR count). The lowest BCUT2D eigenvalue weighted by Gasteiger charge is -2.42. The standard InChI is InChI=1S/C19H36N4O2S/c1-16(2)21-19(20-14-17-8-13-26(24,25)15-17)23-11-9-22(10-12-23)18-6-4-3-5-7-18/h16-18H,3-15H2,1-2H3,(H,20,21). The van der Waals surface area contributed by atoms with E-state index in [9.17, 15) is 8.42 Å². The van der Waals surface area contributed by atoms with Crippen LogP contribution in [0.15, 0.2) is 4.99 Å². The fraction of sp³-hybridized carbons (Fsp3) is 0.947. The van der Waals surface area contributed by atoms with Crippen molar-refractivity contribution < 1.29 is 8.42 Å². The summed E-state index contributed by atoms with van der Waals surface area (Å²) < 4.78 is 23.3. The average Bonchev–Trinajstić information content (AvgIpc) is 2.98. The van der Waals surface area contributed by atoms with Gasteiger partial charge in [-0.1, -0.05) is 19.3 Å². The van der Waals surface area contributed by atoms with E-state index in [1.165, 1.54) is 32.1 Å². The van der Waals surface area contributed by atoms with Crippen molar-refractivity contribution in [1.29, 1.82) is 0 Å². The second-order valence-corrected chi connectivity index (χ2v) is 10.8. The molecule has 2 saturated heterocycles. The highest BCUT2D eigenvalue weighted by atomic mass is 32.2. The maximum atomic E-state index is 11.7. The lowest BCUT2D eigenvalue weighted by molar-refractivity contribution is 0.105. The summed E-state index contributed by atoms with van der Waals surface area (Å²) in [7, 11) is -2.82. The maximum Gasteiger partial charge on any atom is 0.194 e. The molecule has 1 aliphatic carbocycles. The number of piperazine rings is 1. The minimum atomic E-state index is -2.82. The van der Waals surface area contributed by atoms with Gasteiger partial charge in [0.05, 0.1) is 11.5 Å². The average molecular weight is 385 g/mol. The van der Waals surface area contributed by atoms with Gasteiger partial charge in [-0.05, 0) is 39.0 Å². The van der Waals surface area contributed by atoms with Gasteiger partial charge in [0.2, 0.25) is 0 Å². The summed E-state index contributed by atoms with van der Waals surface area (Å²) in [5, 5.41) is 3.50. The Balaban J connectivity index is 1.55. The molecule has 1 unspecified atom stereocenters. The summed E-state index contributed by atoms with van der Waals surface area (Å²) in [6.45, 7) is 9.14. The molecule has 0 spiro atoms. The Hall–Kier alpha value is -0.820. The summed E-state index contributed by atoms with van der Waals surface area (Å²) in [6.07, 6.45) is 7.66. The zero-order valence-corrected chi connectivity index (χ0v) is 17.3. The highest BCUT2D eigenvalue weighted by Gasteiger charge is 2.29. The van der Waals surface area contributed by atoms with Gasteiger partial charge < -0.3 is 10.2 Å². The van der Waals surface area contributed by atoms with Gasteiger partial charge in [0.1, 0.15) is 0 Å². The SMILES string of the molecule is CC(C)NC(=NCC1CCS(=O)(=O)C1)N1CCN(C2CCCCC2)CC1. The molecule has 0 bridgehead atoms. The van der Waals surface area contributed by atoms with Gasteiger partial charge in [0.15, 0.2) is 15.8 Å². The fourth-order valence-electron chi connectivity index (χ4n) is 4.47. The summed E-state index contributed by atoms with van der Waals surface area (Å²) in [4.78, 5) is 9.86. The number of guanidine groups is 1. The van der Waals surface area contributed by atoms with Crippen molar-refractivity contribution in [3.8, 4) is 0 Å².